The van der Waals surface area contributed by atoms with Gasteiger partial charge in [-0.1, -0.05) is 28.1 Å². The topological polar surface area (TPSA) is 29.5 Å². The van der Waals surface area contributed by atoms with Crippen molar-refractivity contribution in [3.63, 3.8) is 0 Å². The van der Waals surface area contributed by atoms with Crippen molar-refractivity contribution < 1.29 is 23.0 Å². The number of aliphatic hydroxyl groups excluding tert-OH is 1. The van der Waals surface area contributed by atoms with E-state index in [1.807, 2.05) is 24.3 Å². The zero-order valence-electron chi connectivity index (χ0n) is 10.3. The highest BCUT2D eigenvalue weighted by Gasteiger charge is 2.27. The van der Waals surface area contributed by atoms with E-state index in [9.17, 15) is 18.3 Å². The van der Waals surface area contributed by atoms with Crippen molar-refractivity contribution in [2.75, 3.05) is 19.8 Å². The molecule has 0 aliphatic rings. The zero-order valence-corrected chi connectivity index (χ0v) is 11.9. The standard InChI is InChI=1S/C13H16BrF3O2/c14-12-3-1-2-10(7-12)6-11(8-18)4-5-19-9-13(15,16)17/h1-3,7,11,18H,4-6,8-9H2. The highest BCUT2D eigenvalue weighted by atomic mass is 79.9. The molecule has 0 aliphatic carbocycles. The molecule has 1 aromatic rings. The second kappa shape index (κ2) is 7.87. The van der Waals surface area contributed by atoms with Crippen molar-refractivity contribution in [1.29, 1.82) is 0 Å². The molecule has 0 aliphatic heterocycles. The minimum absolute atomic E-state index is 0.00125. The Morgan fingerprint density at radius 3 is 2.63 bits per heavy atom. The first-order valence-corrected chi connectivity index (χ1v) is 6.70. The van der Waals surface area contributed by atoms with E-state index < -0.39 is 12.8 Å². The van der Waals surface area contributed by atoms with E-state index in [-0.39, 0.29) is 19.1 Å². The van der Waals surface area contributed by atoms with Gasteiger partial charge in [0.25, 0.3) is 0 Å². The van der Waals surface area contributed by atoms with Gasteiger partial charge < -0.3 is 9.84 Å². The van der Waals surface area contributed by atoms with E-state index in [4.69, 9.17) is 0 Å². The summed E-state index contributed by atoms with van der Waals surface area (Å²) in [6.07, 6.45) is -3.27. The van der Waals surface area contributed by atoms with Gasteiger partial charge in [-0.25, -0.2) is 0 Å². The van der Waals surface area contributed by atoms with Crippen LogP contribution in [-0.4, -0.2) is 31.1 Å². The number of hydrogen-bond donors (Lipinski definition) is 1. The van der Waals surface area contributed by atoms with Crippen LogP contribution in [0.2, 0.25) is 0 Å². The van der Waals surface area contributed by atoms with Crippen LogP contribution >= 0.6 is 15.9 Å². The summed E-state index contributed by atoms with van der Waals surface area (Å²) in [4.78, 5) is 0. The number of halogens is 4. The van der Waals surface area contributed by atoms with E-state index in [1.54, 1.807) is 0 Å². The van der Waals surface area contributed by atoms with Crippen LogP contribution in [0.4, 0.5) is 13.2 Å². The van der Waals surface area contributed by atoms with Crippen LogP contribution in [-0.2, 0) is 11.2 Å². The van der Waals surface area contributed by atoms with Gasteiger partial charge in [0.1, 0.15) is 6.61 Å². The highest BCUT2D eigenvalue weighted by molar-refractivity contribution is 9.10. The van der Waals surface area contributed by atoms with Gasteiger partial charge in [0.2, 0.25) is 0 Å². The summed E-state index contributed by atoms with van der Waals surface area (Å²) >= 11 is 3.35. The Kier molecular flexibility index (Phi) is 6.82. The Morgan fingerprint density at radius 2 is 2.05 bits per heavy atom. The molecule has 1 N–H and O–H groups in total. The summed E-state index contributed by atoms with van der Waals surface area (Å²) in [5.74, 6) is -0.0949. The molecule has 2 nitrogen and oxygen atoms in total. The molecule has 6 heteroatoms. The van der Waals surface area contributed by atoms with E-state index in [0.29, 0.717) is 12.8 Å². The van der Waals surface area contributed by atoms with Crippen molar-refractivity contribution in [3.05, 3.63) is 34.3 Å². The van der Waals surface area contributed by atoms with Crippen LogP contribution < -0.4 is 0 Å². The molecule has 0 spiro atoms. The summed E-state index contributed by atoms with van der Waals surface area (Å²) in [7, 11) is 0. The fourth-order valence-electron chi connectivity index (χ4n) is 1.69. The summed E-state index contributed by atoms with van der Waals surface area (Å²) in [6, 6.07) is 7.63. The lowest BCUT2D eigenvalue weighted by atomic mass is 9.97. The molecular weight excluding hydrogens is 325 g/mol. The predicted octanol–water partition coefficient (Wildman–Crippen LogP) is 3.57. The second-order valence-corrected chi connectivity index (χ2v) is 5.25. The molecule has 1 rings (SSSR count). The van der Waals surface area contributed by atoms with E-state index in [2.05, 4.69) is 20.7 Å². The number of hydrogen-bond acceptors (Lipinski definition) is 2. The van der Waals surface area contributed by atoms with Gasteiger partial charge in [-0.15, -0.1) is 0 Å². The minimum atomic E-state index is -4.29. The molecule has 0 fully saturated rings. The zero-order chi connectivity index (χ0) is 14.3. The molecule has 108 valence electrons. The number of ether oxygens (including phenoxy) is 1. The summed E-state index contributed by atoms with van der Waals surface area (Å²) in [5.41, 5.74) is 1.03. The fraction of sp³-hybridized carbons (Fsp3) is 0.538. The molecule has 1 aromatic carbocycles. The van der Waals surface area contributed by atoms with Crippen LogP contribution in [0.3, 0.4) is 0 Å². The van der Waals surface area contributed by atoms with Crippen LogP contribution in [0.25, 0.3) is 0 Å². The van der Waals surface area contributed by atoms with Gasteiger partial charge >= 0.3 is 6.18 Å². The normalized spacial score (nSPS) is 13.5. The molecule has 0 saturated heterocycles. The smallest absolute Gasteiger partial charge is 0.396 e. The van der Waals surface area contributed by atoms with Crippen molar-refractivity contribution in [2.24, 2.45) is 5.92 Å². The number of benzene rings is 1. The fourth-order valence-corrected chi connectivity index (χ4v) is 2.14. The van der Waals surface area contributed by atoms with E-state index >= 15 is 0 Å². The number of rotatable bonds is 7. The van der Waals surface area contributed by atoms with Gasteiger partial charge in [-0.3, -0.25) is 0 Å². The first-order valence-electron chi connectivity index (χ1n) is 5.90. The Labute approximate surface area is 118 Å². The third-order valence-corrected chi connectivity index (χ3v) is 3.10. The summed E-state index contributed by atoms with van der Waals surface area (Å²) in [5, 5.41) is 9.23. The lowest BCUT2D eigenvalue weighted by molar-refractivity contribution is -0.174. The number of aliphatic hydroxyl groups is 1. The van der Waals surface area contributed by atoms with E-state index in [1.165, 1.54) is 0 Å². The lowest BCUT2D eigenvalue weighted by Gasteiger charge is -2.15. The van der Waals surface area contributed by atoms with Gasteiger partial charge in [0.05, 0.1) is 0 Å². The van der Waals surface area contributed by atoms with Crippen molar-refractivity contribution in [3.8, 4) is 0 Å². The highest BCUT2D eigenvalue weighted by Crippen LogP contribution is 2.18. The SMILES string of the molecule is OCC(CCOCC(F)(F)F)Cc1cccc(Br)c1. The van der Waals surface area contributed by atoms with Gasteiger partial charge in [-0.2, -0.15) is 13.2 Å². The average Bonchev–Trinajstić information content (AvgIpc) is 2.32. The van der Waals surface area contributed by atoms with Gasteiger partial charge in [-0.05, 0) is 36.5 Å². The maximum Gasteiger partial charge on any atom is 0.411 e. The second-order valence-electron chi connectivity index (χ2n) is 4.34. The molecule has 1 atom stereocenters. The third kappa shape index (κ3) is 7.54. The third-order valence-electron chi connectivity index (χ3n) is 2.61. The monoisotopic (exact) mass is 340 g/mol. The molecule has 0 radical (unpaired) electrons. The summed E-state index contributed by atoms with van der Waals surface area (Å²) < 4.78 is 41.1. The Bertz CT molecular complexity index is 382. The molecule has 0 saturated carbocycles. The molecule has 0 aromatic heterocycles. The Hall–Kier alpha value is -0.590. The van der Waals surface area contributed by atoms with Gasteiger partial charge in [0.15, 0.2) is 0 Å². The molecule has 0 amide bonds. The maximum absolute atomic E-state index is 11.9. The molecule has 0 bridgehead atoms. The molecule has 19 heavy (non-hydrogen) atoms. The van der Waals surface area contributed by atoms with Crippen LogP contribution in [0, 0.1) is 5.92 Å². The molecule has 1 unspecified atom stereocenters. The van der Waals surface area contributed by atoms with Crippen molar-refractivity contribution in [2.45, 2.75) is 19.0 Å². The minimum Gasteiger partial charge on any atom is -0.396 e. The van der Waals surface area contributed by atoms with Crippen LogP contribution in [0.5, 0.6) is 0 Å². The van der Waals surface area contributed by atoms with E-state index in [0.717, 1.165) is 10.0 Å². The molecule has 0 heterocycles. The van der Waals surface area contributed by atoms with Crippen LogP contribution in [0.1, 0.15) is 12.0 Å². The lowest BCUT2D eigenvalue weighted by Crippen LogP contribution is -2.19. The number of alkyl halides is 3. The average molecular weight is 341 g/mol. The van der Waals surface area contributed by atoms with Gasteiger partial charge in [0, 0.05) is 17.7 Å². The first kappa shape index (κ1) is 16.5. The summed E-state index contributed by atoms with van der Waals surface area (Å²) in [6.45, 7) is -1.30. The Morgan fingerprint density at radius 1 is 1.32 bits per heavy atom. The maximum atomic E-state index is 11.9. The quantitative estimate of drug-likeness (QED) is 0.769. The molecular formula is C13H16BrF3O2. The Balaban J connectivity index is 2.34. The first-order chi connectivity index (χ1) is 8.90. The van der Waals surface area contributed by atoms with Crippen molar-refractivity contribution >= 4 is 15.9 Å². The van der Waals surface area contributed by atoms with Crippen LogP contribution in [0.15, 0.2) is 28.7 Å². The van der Waals surface area contributed by atoms with Crippen molar-refractivity contribution in [1.82, 2.24) is 0 Å². The predicted molar refractivity (Wildman–Crippen MR) is 69.9 cm³/mol. The largest absolute Gasteiger partial charge is 0.411 e.